The van der Waals surface area contributed by atoms with Crippen molar-refractivity contribution in [1.29, 1.82) is 0 Å². The summed E-state index contributed by atoms with van der Waals surface area (Å²) in [7, 11) is -3.52. The maximum Gasteiger partial charge on any atom is 0.242 e. The third-order valence-corrected chi connectivity index (χ3v) is 4.51. The molecule has 24 heavy (non-hydrogen) atoms. The number of halogens is 1. The van der Waals surface area contributed by atoms with Crippen LogP contribution in [-0.2, 0) is 22.3 Å². The molecule has 0 bridgehead atoms. The number of hydrogen-bond donors (Lipinski definition) is 1. The van der Waals surface area contributed by atoms with Crippen molar-refractivity contribution < 1.29 is 17.3 Å². The van der Waals surface area contributed by atoms with E-state index >= 15 is 0 Å². The van der Waals surface area contributed by atoms with Gasteiger partial charge in [0, 0.05) is 5.56 Å². The van der Waals surface area contributed by atoms with Gasteiger partial charge >= 0.3 is 0 Å². The zero-order valence-electron chi connectivity index (χ0n) is 12.5. The van der Waals surface area contributed by atoms with Crippen LogP contribution in [0.3, 0.4) is 0 Å². The summed E-state index contributed by atoms with van der Waals surface area (Å²) in [5.74, 6) is -0.0957. The SMILES string of the molecule is O=S(=O)(Cc1ccccc1)NCc1nc(-c2ccc(F)cc2)no1. The zero-order valence-corrected chi connectivity index (χ0v) is 13.3. The highest BCUT2D eigenvalue weighted by Crippen LogP contribution is 2.16. The summed E-state index contributed by atoms with van der Waals surface area (Å²) < 4.78 is 44.4. The number of hydrogen-bond acceptors (Lipinski definition) is 5. The lowest BCUT2D eigenvalue weighted by Crippen LogP contribution is -2.24. The molecule has 1 aromatic heterocycles. The Balaban J connectivity index is 1.63. The van der Waals surface area contributed by atoms with E-state index in [0.717, 1.165) is 0 Å². The van der Waals surface area contributed by atoms with Crippen molar-refractivity contribution in [2.45, 2.75) is 12.3 Å². The standard InChI is InChI=1S/C16H14FN3O3S/c17-14-8-6-13(7-9-14)16-19-15(23-20-16)10-18-24(21,22)11-12-4-2-1-3-5-12/h1-9,18H,10-11H2. The van der Waals surface area contributed by atoms with E-state index < -0.39 is 10.0 Å². The average molecular weight is 347 g/mol. The van der Waals surface area contributed by atoms with E-state index in [-0.39, 0.29) is 29.8 Å². The van der Waals surface area contributed by atoms with Crippen LogP contribution in [0.15, 0.2) is 59.1 Å². The van der Waals surface area contributed by atoms with Gasteiger partial charge in [-0.15, -0.1) is 0 Å². The van der Waals surface area contributed by atoms with Crippen LogP contribution in [0.25, 0.3) is 11.4 Å². The average Bonchev–Trinajstić information content (AvgIpc) is 3.03. The molecule has 0 radical (unpaired) electrons. The number of sulfonamides is 1. The molecular weight excluding hydrogens is 333 g/mol. The minimum Gasteiger partial charge on any atom is -0.338 e. The molecule has 1 N–H and O–H groups in total. The lowest BCUT2D eigenvalue weighted by atomic mass is 10.2. The summed E-state index contributed by atoms with van der Waals surface area (Å²) in [5, 5.41) is 3.76. The summed E-state index contributed by atoms with van der Waals surface area (Å²) >= 11 is 0. The molecular formula is C16H14FN3O3S. The van der Waals surface area contributed by atoms with Gasteiger partial charge in [0.2, 0.25) is 21.7 Å². The molecule has 8 heteroatoms. The van der Waals surface area contributed by atoms with Gasteiger partial charge in [0.1, 0.15) is 5.82 Å². The van der Waals surface area contributed by atoms with Gasteiger partial charge < -0.3 is 4.52 Å². The molecule has 2 aromatic carbocycles. The first kappa shape index (κ1) is 16.3. The van der Waals surface area contributed by atoms with Gasteiger partial charge in [-0.25, -0.2) is 17.5 Å². The highest BCUT2D eigenvalue weighted by molar-refractivity contribution is 7.88. The molecule has 0 saturated heterocycles. The van der Waals surface area contributed by atoms with Crippen LogP contribution in [0.5, 0.6) is 0 Å². The molecule has 0 aliphatic carbocycles. The Bertz CT molecular complexity index is 909. The van der Waals surface area contributed by atoms with Gasteiger partial charge in [-0.2, -0.15) is 4.98 Å². The van der Waals surface area contributed by atoms with Crippen LogP contribution in [0.1, 0.15) is 11.5 Å². The minimum atomic E-state index is -3.52. The second-order valence-corrected chi connectivity index (χ2v) is 6.89. The molecule has 0 spiro atoms. The van der Waals surface area contributed by atoms with Crippen LogP contribution in [0.2, 0.25) is 0 Å². The van der Waals surface area contributed by atoms with Crippen LogP contribution in [0.4, 0.5) is 4.39 Å². The summed E-state index contributed by atoms with van der Waals surface area (Å²) in [6, 6.07) is 14.4. The minimum absolute atomic E-state index is 0.108. The maximum absolute atomic E-state index is 12.9. The quantitative estimate of drug-likeness (QED) is 0.740. The Morgan fingerprint density at radius 3 is 2.46 bits per heavy atom. The van der Waals surface area contributed by atoms with Gasteiger partial charge in [0.15, 0.2) is 0 Å². The third kappa shape index (κ3) is 4.24. The normalized spacial score (nSPS) is 11.5. The molecule has 0 aliphatic rings. The van der Waals surface area contributed by atoms with E-state index in [4.69, 9.17) is 4.52 Å². The van der Waals surface area contributed by atoms with Crippen molar-refractivity contribution in [3.8, 4) is 11.4 Å². The summed E-state index contributed by atoms with van der Waals surface area (Å²) in [4.78, 5) is 4.09. The Morgan fingerprint density at radius 1 is 1.04 bits per heavy atom. The lowest BCUT2D eigenvalue weighted by molar-refractivity contribution is 0.376. The molecule has 0 fully saturated rings. The van der Waals surface area contributed by atoms with Crippen molar-refractivity contribution in [2.75, 3.05) is 0 Å². The maximum atomic E-state index is 12.9. The largest absolute Gasteiger partial charge is 0.338 e. The second kappa shape index (κ2) is 6.90. The first-order valence-corrected chi connectivity index (χ1v) is 8.77. The molecule has 1 heterocycles. The Morgan fingerprint density at radius 2 is 1.75 bits per heavy atom. The van der Waals surface area contributed by atoms with Crippen LogP contribution in [0, 0.1) is 5.82 Å². The molecule has 6 nitrogen and oxygen atoms in total. The van der Waals surface area contributed by atoms with Crippen LogP contribution >= 0.6 is 0 Å². The molecule has 0 aliphatic heterocycles. The van der Waals surface area contributed by atoms with Crippen LogP contribution in [-0.4, -0.2) is 18.6 Å². The van der Waals surface area contributed by atoms with Gasteiger partial charge in [0.25, 0.3) is 0 Å². The molecule has 3 rings (SSSR count). The smallest absolute Gasteiger partial charge is 0.242 e. The monoisotopic (exact) mass is 347 g/mol. The summed E-state index contributed by atoms with van der Waals surface area (Å²) in [6.45, 7) is -0.108. The Labute approximate surface area is 138 Å². The Kier molecular flexibility index (Phi) is 4.68. The third-order valence-electron chi connectivity index (χ3n) is 3.21. The molecule has 0 saturated carbocycles. The predicted molar refractivity (Wildman–Crippen MR) is 85.6 cm³/mol. The highest BCUT2D eigenvalue weighted by atomic mass is 32.2. The van der Waals surface area contributed by atoms with Gasteiger partial charge in [-0.3, -0.25) is 0 Å². The second-order valence-electron chi connectivity index (χ2n) is 5.08. The van der Waals surface area contributed by atoms with Crippen molar-refractivity contribution in [1.82, 2.24) is 14.9 Å². The zero-order chi connectivity index (χ0) is 17.0. The van der Waals surface area contributed by atoms with Gasteiger partial charge in [-0.05, 0) is 29.8 Å². The van der Waals surface area contributed by atoms with Crippen molar-refractivity contribution in [2.24, 2.45) is 0 Å². The first-order chi connectivity index (χ1) is 11.5. The molecule has 0 unspecified atom stereocenters. The van der Waals surface area contributed by atoms with Crippen LogP contribution < -0.4 is 4.72 Å². The topological polar surface area (TPSA) is 85.1 Å². The fourth-order valence-electron chi connectivity index (χ4n) is 2.06. The van der Waals surface area contributed by atoms with E-state index in [9.17, 15) is 12.8 Å². The van der Waals surface area contributed by atoms with E-state index in [1.165, 1.54) is 24.3 Å². The number of aromatic nitrogens is 2. The molecule has 0 atom stereocenters. The van der Waals surface area contributed by atoms with E-state index in [1.807, 2.05) is 6.07 Å². The van der Waals surface area contributed by atoms with E-state index in [0.29, 0.717) is 11.1 Å². The first-order valence-electron chi connectivity index (χ1n) is 7.12. The van der Waals surface area contributed by atoms with Gasteiger partial charge in [-0.1, -0.05) is 35.5 Å². The fourth-order valence-corrected chi connectivity index (χ4v) is 3.14. The lowest BCUT2D eigenvalue weighted by Gasteiger charge is -2.04. The number of benzene rings is 2. The van der Waals surface area contributed by atoms with Crippen molar-refractivity contribution in [3.63, 3.8) is 0 Å². The number of rotatable bonds is 6. The summed E-state index contributed by atoms with van der Waals surface area (Å²) in [6.07, 6.45) is 0. The molecule has 0 amide bonds. The molecule has 3 aromatic rings. The highest BCUT2D eigenvalue weighted by Gasteiger charge is 2.14. The van der Waals surface area contributed by atoms with Crippen molar-refractivity contribution >= 4 is 10.0 Å². The Hall–Kier alpha value is -2.58. The number of nitrogens with zero attached hydrogens (tertiary/aromatic N) is 2. The van der Waals surface area contributed by atoms with Crippen molar-refractivity contribution in [3.05, 3.63) is 71.9 Å². The van der Waals surface area contributed by atoms with Gasteiger partial charge in [0.05, 0.1) is 12.3 Å². The predicted octanol–water partition coefficient (Wildman–Crippen LogP) is 2.50. The number of nitrogens with one attached hydrogen (secondary N) is 1. The fraction of sp³-hybridized carbons (Fsp3) is 0.125. The van der Waals surface area contributed by atoms with E-state index in [1.54, 1.807) is 24.3 Å². The summed E-state index contributed by atoms with van der Waals surface area (Å²) in [5.41, 5.74) is 1.26. The van der Waals surface area contributed by atoms with E-state index in [2.05, 4.69) is 14.9 Å². The molecule has 124 valence electrons.